The zero-order valence-corrected chi connectivity index (χ0v) is 6.79. The molecule has 0 saturated heterocycles. The van der Waals surface area contributed by atoms with Crippen LogP contribution in [-0.4, -0.2) is 6.41 Å². The first-order chi connectivity index (χ1) is 5.86. The molecule has 0 heterocycles. The molecule has 0 spiro atoms. The van der Waals surface area contributed by atoms with Crippen molar-refractivity contribution >= 4 is 12.5 Å². The van der Waals surface area contributed by atoms with Gasteiger partial charge in [0.15, 0.2) is 0 Å². The van der Waals surface area contributed by atoms with Crippen LogP contribution in [0.1, 0.15) is 11.1 Å². The molecule has 0 aromatic heterocycles. The number of carbonyl (C=O) groups excluding carboxylic acids is 1. The number of carbonyl (C=O) groups is 1. The Balaban J connectivity index is 2.64. The third-order valence-corrected chi connectivity index (χ3v) is 1.60. The molecule has 1 amide bonds. The quantitative estimate of drug-likeness (QED) is 0.667. The summed E-state index contributed by atoms with van der Waals surface area (Å²) in [5, 5.41) is 2.60. The maximum absolute atomic E-state index is 9.97. The predicted octanol–water partition coefficient (Wildman–Crippen LogP) is 1.58. The lowest BCUT2D eigenvalue weighted by molar-refractivity contribution is -0.109. The van der Waals surface area contributed by atoms with Gasteiger partial charge >= 0.3 is 0 Å². The highest BCUT2D eigenvalue weighted by Crippen LogP contribution is 2.04. The van der Waals surface area contributed by atoms with E-state index in [4.69, 9.17) is 0 Å². The normalized spacial score (nSPS) is 9.00. The van der Waals surface area contributed by atoms with Crippen molar-refractivity contribution in [3.05, 3.63) is 42.0 Å². The van der Waals surface area contributed by atoms with Crippen LogP contribution in [-0.2, 0) is 11.3 Å². The Labute approximate surface area is 71.9 Å². The van der Waals surface area contributed by atoms with Crippen molar-refractivity contribution < 1.29 is 4.79 Å². The number of benzene rings is 1. The molecular formula is C10H11NO. The van der Waals surface area contributed by atoms with Crippen LogP contribution in [0.25, 0.3) is 6.08 Å². The minimum Gasteiger partial charge on any atom is -0.355 e. The van der Waals surface area contributed by atoms with Crippen molar-refractivity contribution in [1.29, 1.82) is 0 Å². The number of nitrogens with one attached hydrogen (secondary N) is 1. The van der Waals surface area contributed by atoms with Gasteiger partial charge in [-0.15, -0.1) is 0 Å². The fourth-order valence-corrected chi connectivity index (χ4v) is 0.931. The molecule has 0 radical (unpaired) electrons. The average molecular weight is 161 g/mol. The van der Waals surface area contributed by atoms with Crippen molar-refractivity contribution in [3.8, 4) is 0 Å². The Kier molecular flexibility index (Phi) is 3.08. The van der Waals surface area contributed by atoms with E-state index in [1.165, 1.54) is 0 Å². The van der Waals surface area contributed by atoms with Crippen molar-refractivity contribution in [1.82, 2.24) is 5.32 Å². The highest BCUT2D eigenvalue weighted by atomic mass is 16.1. The third-order valence-electron chi connectivity index (χ3n) is 1.60. The fourth-order valence-electron chi connectivity index (χ4n) is 0.931. The Morgan fingerprint density at radius 3 is 2.50 bits per heavy atom. The lowest BCUT2D eigenvalue weighted by Crippen LogP contribution is -2.09. The Morgan fingerprint density at radius 2 is 2.00 bits per heavy atom. The summed E-state index contributed by atoms with van der Waals surface area (Å²) < 4.78 is 0. The van der Waals surface area contributed by atoms with E-state index >= 15 is 0 Å². The lowest BCUT2D eigenvalue weighted by Gasteiger charge is -1.99. The second-order valence-corrected chi connectivity index (χ2v) is 2.44. The van der Waals surface area contributed by atoms with Gasteiger partial charge in [-0.2, -0.15) is 0 Å². The van der Waals surface area contributed by atoms with Crippen LogP contribution in [0.3, 0.4) is 0 Å². The fraction of sp³-hybridized carbons (Fsp3) is 0.100. The molecule has 0 saturated carbocycles. The number of hydrogen-bond acceptors (Lipinski definition) is 1. The Hall–Kier alpha value is -1.57. The van der Waals surface area contributed by atoms with Crippen molar-refractivity contribution in [2.45, 2.75) is 6.54 Å². The van der Waals surface area contributed by atoms with E-state index in [0.717, 1.165) is 11.1 Å². The second-order valence-electron chi connectivity index (χ2n) is 2.44. The number of amides is 1. The molecule has 1 aromatic rings. The second kappa shape index (κ2) is 4.34. The van der Waals surface area contributed by atoms with Crippen molar-refractivity contribution in [2.75, 3.05) is 0 Å². The summed E-state index contributed by atoms with van der Waals surface area (Å²) in [5.41, 5.74) is 2.18. The van der Waals surface area contributed by atoms with Crippen LogP contribution >= 0.6 is 0 Å². The van der Waals surface area contributed by atoms with Gasteiger partial charge < -0.3 is 5.32 Å². The molecule has 2 nitrogen and oxygen atoms in total. The smallest absolute Gasteiger partial charge is 0.207 e. The monoisotopic (exact) mass is 161 g/mol. The molecule has 1 N–H and O–H groups in total. The van der Waals surface area contributed by atoms with Crippen molar-refractivity contribution in [2.24, 2.45) is 0 Å². The van der Waals surface area contributed by atoms with E-state index in [0.29, 0.717) is 13.0 Å². The number of rotatable bonds is 4. The topological polar surface area (TPSA) is 29.1 Å². The molecule has 0 unspecified atom stereocenters. The van der Waals surface area contributed by atoms with Gasteiger partial charge in [0.05, 0.1) is 0 Å². The van der Waals surface area contributed by atoms with E-state index in [9.17, 15) is 4.79 Å². The zero-order valence-electron chi connectivity index (χ0n) is 6.79. The van der Waals surface area contributed by atoms with Gasteiger partial charge in [-0.3, -0.25) is 4.79 Å². The van der Waals surface area contributed by atoms with Crippen LogP contribution in [0.4, 0.5) is 0 Å². The molecule has 0 atom stereocenters. The third kappa shape index (κ3) is 2.23. The molecule has 12 heavy (non-hydrogen) atoms. The van der Waals surface area contributed by atoms with Gasteiger partial charge in [-0.05, 0) is 11.1 Å². The summed E-state index contributed by atoms with van der Waals surface area (Å²) in [5.74, 6) is 0. The molecule has 0 aliphatic rings. The standard InChI is InChI=1S/C10H11NO/c1-2-9-3-5-10(6-4-9)7-11-8-12/h2-6,8H,1,7H2,(H,11,12). The summed E-state index contributed by atoms with van der Waals surface area (Å²) >= 11 is 0. The minimum atomic E-state index is 0.584. The molecule has 2 heteroatoms. The van der Waals surface area contributed by atoms with Crippen LogP contribution < -0.4 is 5.32 Å². The van der Waals surface area contributed by atoms with Gasteiger partial charge in [0.2, 0.25) is 6.41 Å². The van der Waals surface area contributed by atoms with Gasteiger partial charge in [-0.1, -0.05) is 36.9 Å². The molecule has 0 fully saturated rings. The average Bonchev–Trinajstić information content (AvgIpc) is 2.15. The van der Waals surface area contributed by atoms with Gasteiger partial charge in [0.25, 0.3) is 0 Å². The zero-order chi connectivity index (χ0) is 8.81. The first-order valence-electron chi connectivity index (χ1n) is 3.75. The molecule has 1 aromatic carbocycles. The maximum Gasteiger partial charge on any atom is 0.207 e. The van der Waals surface area contributed by atoms with E-state index in [1.807, 2.05) is 24.3 Å². The molecule has 62 valence electrons. The number of hydrogen-bond donors (Lipinski definition) is 1. The largest absolute Gasteiger partial charge is 0.355 e. The van der Waals surface area contributed by atoms with Gasteiger partial charge in [-0.25, -0.2) is 0 Å². The lowest BCUT2D eigenvalue weighted by atomic mass is 10.1. The molecule has 0 aliphatic carbocycles. The first-order valence-corrected chi connectivity index (χ1v) is 3.75. The minimum absolute atomic E-state index is 0.584. The molecule has 0 bridgehead atoms. The van der Waals surface area contributed by atoms with Crippen LogP contribution in [0, 0.1) is 0 Å². The maximum atomic E-state index is 9.97. The SMILES string of the molecule is C=Cc1ccc(CNC=O)cc1. The Morgan fingerprint density at radius 1 is 1.33 bits per heavy atom. The molecule has 0 aliphatic heterocycles. The summed E-state index contributed by atoms with van der Waals surface area (Å²) in [6, 6.07) is 7.87. The first kappa shape index (κ1) is 8.53. The highest BCUT2D eigenvalue weighted by molar-refractivity contribution is 5.48. The molecule has 1 rings (SSSR count). The van der Waals surface area contributed by atoms with Crippen LogP contribution in [0.5, 0.6) is 0 Å². The predicted molar refractivity (Wildman–Crippen MR) is 49.4 cm³/mol. The van der Waals surface area contributed by atoms with E-state index in [-0.39, 0.29) is 0 Å². The molecular weight excluding hydrogens is 150 g/mol. The van der Waals surface area contributed by atoms with Crippen molar-refractivity contribution in [3.63, 3.8) is 0 Å². The van der Waals surface area contributed by atoms with Crippen LogP contribution in [0.15, 0.2) is 30.8 Å². The summed E-state index contributed by atoms with van der Waals surface area (Å²) in [6.07, 6.45) is 2.48. The van der Waals surface area contributed by atoms with E-state index in [1.54, 1.807) is 6.08 Å². The summed E-state index contributed by atoms with van der Waals surface area (Å²) in [6.45, 7) is 4.24. The summed E-state index contributed by atoms with van der Waals surface area (Å²) in [4.78, 5) is 9.97. The van der Waals surface area contributed by atoms with Gasteiger partial charge in [0, 0.05) is 6.54 Å². The van der Waals surface area contributed by atoms with Gasteiger partial charge in [0.1, 0.15) is 0 Å². The highest BCUT2D eigenvalue weighted by Gasteiger charge is 1.89. The Bertz CT molecular complexity index is 264. The summed E-state index contributed by atoms with van der Waals surface area (Å²) in [7, 11) is 0. The van der Waals surface area contributed by atoms with Crippen LogP contribution in [0.2, 0.25) is 0 Å². The van der Waals surface area contributed by atoms with E-state index < -0.39 is 0 Å². The van der Waals surface area contributed by atoms with E-state index in [2.05, 4.69) is 11.9 Å².